The Morgan fingerprint density at radius 2 is 1.84 bits per heavy atom. The predicted octanol–water partition coefficient (Wildman–Crippen LogP) is 4.44. The van der Waals surface area contributed by atoms with Gasteiger partial charge in [0.2, 0.25) is 5.76 Å². The maximum absolute atomic E-state index is 12.5. The minimum absolute atomic E-state index is 0.178. The number of hydrogen-bond donors (Lipinski definition) is 1. The standard InChI is InChI=1S/C19H13ClO5/c1-19(2)12-7-9(20)3-4-10(12)11-5-6-14-16(17(11)25-19)13(21)8-15(24-14)18(22)23/h3-8H,1-2H3,(H,22,23). The highest BCUT2D eigenvalue weighted by Gasteiger charge is 2.34. The van der Waals surface area contributed by atoms with Gasteiger partial charge in [-0.05, 0) is 43.7 Å². The summed E-state index contributed by atoms with van der Waals surface area (Å²) in [5, 5.41) is 9.90. The molecule has 2 aromatic carbocycles. The summed E-state index contributed by atoms with van der Waals surface area (Å²) >= 11 is 6.12. The molecule has 1 aliphatic heterocycles. The largest absolute Gasteiger partial charge is 0.482 e. The molecule has 2 heterocycles. The van der Waals surface area contributed by atoms with Gasteiger partial charge in [-0.2, -0.15) is 0 Å². The molecule has 0 radical (unpaired) electrons. The van der Waals surface area contributed by atoms with Gasteiger partial charge in [-0.3, -0.25) is 4.79 Å². The molecule has 1 aliphatic rings. The summed E-state index contributed by atoms with van der Waals surface area (Å²) in [5.41, 5.74) is 1.59. The molecule has 4 rings (SSSR count). The zero-order valence-electron chi connectivity index (χ0n) is 13.4. The number of ether oxygens (including phenoxy) is 1. The Kier molecular flexibility index (Phi) is 3.21. The van der Waals surface area contributed by atoms with Gasteiger partial charge >= 0.3 is 5.97 Å². The molecular formula is C19H13ClO5. The van der Waals surface area contributed by atoms with Crippen LogP contribution in [0.3, 0.4) is 0 Å². The van der Waals surface area contributed by atoms with Crippen molar-refractivity contribution in [3.63, 3.8) is 0 Å². The lowest BCUT2D eigenvalue weighted by Crippen LogP contribution is -2.30. The van der Waals surface area contributed by atoms with Gasteiger partial charge in [-0.1, -0.05) is 17.7 Å². The molecule has 1 aromatic heterocycles. The maximum Gasteiger partial charge on any atom is 0.371 e. The molecule has 0 amide bonds. The van der Waals surface area contributed by atoms with Crippen molar-refractivity contribution in [2.45, 2.75) is 19.4 Å². The van der Waals surface area contributed by atoms with Crippen LogP contribution in [-0.4, -0.2) is 11.1 Å². The lowest BCUT2D eigenvalue weighted by atomic mass is 9.85. The molecule has 0 saturated carbocycles. The second-order valence-electron chi connectivity index (χ2n) is 6.40. The molecular weight excluding hydrogens is 344 g/mol. The molecule has 126 valence electrons. The molecule has 0 fully saturated rings. The molecule has 0 unspecified atom stereocenters. The van der Waals surface area contributed by atoms with Gasteiger partial charge < -0.3 is 14.3 Å². The van der Waals surface area contributed by atoms with Gasteiger partial charge in [0.15, 0.2) is 5.43 Å². The van der Waals surface area contributed by atoms with Crippen molar-refractivity contribution in [2.75, 3.05) is 0 Å². The van der Waals surface area contributed by atoms with E-state index in [1.54, 1.807) is 18.2 Å². The summed E-state index contributed by atoms with van der Waals surface area (Å²) in [4.78, 5) is 23.6. The number of benzene rings is 2. The molecule has 0 saturated heterocycles. The summed E-state index contributed by atoms with van der Waals surface area (Å²) in [6.45, 7) is 3.77. The fourth-order valence-electron chi connectivity index (χ4n) is 3.21. The van der Waals surface area contributed by atoms with Crippen LogP contribution in [-0.2, 0) is 5.60 Å². The molecule has 0 aliphatic carbocycles. The fraction of sp³-hybridized carbons (Fsp3) is 0.158. The smallest absolute Gasteiger partial charge is 0.371 e. The molecule has 3 aromatic rings. The van der Waals surface area contributed by atoms with Crippen LogP contribution in [0, 0.1) is 0 Å². The van der Waals surface area contributed by atoms with Crippen LogP contribution in [0.5, 0.6) is 5.75 Å². The molecule has 0 atom stereocenters. The second-order valence-corrected chi connectivity index (χ2v) is 6.83. The van der Waals surface area contributed by atoms with Gasteiger partial charge in [0.05, 0.1) is 0 Å². The third-order valence-electron chi connectivity index (χ3n) is 4.34. The monoisotopic (exact) mass is 356 g/mol. The molecule has 0 spiro atoms. The zero-order valence-corrected chi connectivity index (χ0v) is 14.2. The Hall–Kier alpha value is -2.79. The first-order chi connectivity index (χ1) is 11.8. The molecule has 1 N–H and O–H groups in total. The van der Waals surface area contributed by atoms with Crippen LogP contribution < -0.4 is 10.2 Å². The van der Waals surface area contributed by atoms with Crippen molar-refractivity contribution < 1.29 is 19.1 Å². The van der Waals surface area contributed by atoms with Crippen molar-refractivity contribution >= 4 is 28.5 Å². The average Bonchev–Trinajstić information content (AvgIpc) is 2.54. The molecule has 25 heavy (non-hydrogen) atoms. The van der Waals surface area contributed by atoms with E-state index in [1.165, 1.54) is 0 Å². The maximum atomic E-state index is 12.5. The fourth-order valence-corrected chi connectivity index (χ4v) is 3.38. The first-order valence-electron chi connectivity index (χ1n) is 7.61. The van der Waals surface area contributed by atoms with E-state index in [0.717, 1.165) is 22.8 Å². The van der Waals surface area contributed by atoms with Crippen LogP contribution in [0.4, 0.5) is 0 Å². The summed E-state index contributed by atoms with van der Waals surface area (Å²) in [6.07, 6.45) is 0. The number of carbonyl (C=O) groups is 1. The summed E-state index contributed by atoms with van der Waals surface area (Å²) in [5.74, 6) is -1.30. The van der Waals surface area contributed by atoms with E-state index in [-0.39, 0.29) is 11.0 Å². The van der Waals surface area contributed by atoms with E-state index >= 15 is 0 Å². The van der Waals surface area contributed by atoms with E-state index in [0.29, 0.717) is 10.8 Å². The third-order valence-corrected chi connectivity index (χ3v) is 4.57. The van der Waals surface area contributed by atoms with Crippen LogP contribution in [0.1, 0.15) is 30.0 Å². The topological polar surface area (TPSA) is 76.7 Å². The highest BCUT2D eigenvalue weighted by Crippen LogP contribution is 2.48. The van der Waals surface area contributed by atoms with Crippen molar-refractivity contribution in [1.29, 1.82) is 0 Å². The van der Waals surface area contributed by atoms with Gasteiger partial charge in [0.25, 0.3) is 0 Å². The highest BCUT2D eigenvalue weighted by molar-refractivity contribution is 6.30. The predicted molar refractivity (Wildman–Crippen MR) is 93.5 cm³/mol. The minimum Gasteiger partial charge on any atom is -0.482 e. The van der Waals surface area contributed by atoms with Crippen molar-refractivity contribution in [2.24, 2.45) is 0 Å². The Labute approximate surface area is 147 Å². The molecule has 6 heteroatoms. The van der Waals surface area contributed by atoms with Gasteiger partial charge in [-0.15, -0.1) is 0 Å². The Morgan fingerprint density at radius 1 is 1.12 bits per heavy atom. The number of hydrogen-bond acceptors (Lipinski definition) is 4. The first kappa shape index (κ1) is 15.7. The average molecular weight is 357 g/mol. The number of carboxylic acid groups (broad SMARTS) is 1. The van der Waals surface area contributed by atoms with Crippen LogP contribution >= 0.6 is 11.6 Å². The van der Waals surface area contributed by atoms with Crippen molar-refractivity contribution in [3.05, 3.63) is 63.0 Å². The van der Waals surface area contributed by atoms with Gasteiger partial charge in [-0.25, -0.2) is 4.79 Å². The van der Waals surface area contributed by atoms with E-state index in [9.17, 15) is 9.59 Å². The summed E-state index contributed by atoms with van der Waals surface area (Å²) in [6, 6.07) is 9.83. The van der Waals surface area contributed by atoms with Gasteiger partial charge in [0.1, 0.15) is 22.3 Å². The van der Waals surface area contributed by atoms with E-state index in [1.807, 2.05) is 26.0 Å². The van der Waals surface area contributed by atoms with Crippen molar-refractivity contribution in [3.8, 4) is 16.9 Å². The summed E-state index contributed by atoms with van der Waals surface area (Å²) < 4.78 is 11.5. The Bertz CT molecular complexity index is 1110. The van der Waals surface area contributed by atoms with Crippen LogP contribution in [0.25, 0.3) is 22.1 Å². The number of fused-ring (bicyclic) bond motifs is 5. The second kappa shape index (κ2) is 5.10. The van der Waals surface area contributed by atoms with Gasteiger partial charge in [0, 0.05) is 22.2 Å². The van der Waals surface area contributed by atoms with Crippen molar-refractivity contribution in [1.82, 2.24) is 0 Å². The lowest BCUT2D eigenvalue weighted by Gasteiger charge is -2.35. The van der Waals surface area contributed by atoms with E-state index < -0.39 is 22.8 Å². The third kappa shape index (κ3) is 2.31. The lowest BCUT2D eigenvalue weighted by molar-refractivity contribution is 0.0662. The number of halogens is 1. The first-order valence-corrected chi connectivity index (χ1v) is 7.99. The quantitative estimate of drug-likeness (QED) is 0.697. The SMILES string of the molecule is CC1(C)Oc2c(ccc3oc(C(=O)O)cc(=O)c23)-c2ccc(Cl)cc21. The van der Waals surface area contributed by atoms with Crippen LogP contribution in [0.15, 0.2) is 45.6 Å². The van der Waals surface area contributed by atoms with Crippen LogP contribution in [0.2, 0.25) is 5.02 Å². The van der Waals surface area contributed by atoms with E-state index in [4.69, 9.17) is 25.9 Å². The Balaban J connectivity index is 2.10. The summed E-state index contributed by atoms with van der Waals surface area (Å²) in [7, 11) is 0. The normalized spacial score (nSPS) is 14.5. The Morgan fingerprint density at radius 3 is 2.56 bits per heavy atom. The molecule has 5 nitrogen and oxygen atoms in total. The number of carboxylic acids is 1. The number of aromatic carboxylic acids is 1. The molecule has 0 bridgehead atoms. The van der Waals surface area contributed by atoms with E-state index in [2.05, 4.69) is 0 Å². The minimum atomic E-state index is -1.29. The highest BCUT2D eigenvalue weighted by atomic mass is 35.5. The zero-order chi connectivity index (χ0) is 17.9. The number of rotatable bonds is 1.